The van der Waals surface area contributed by atoms with Gasteiger partial charge in [-0.25, -0.2) is 4.79 Å². The molecule has 0 aromatic carbocycles. The molecule has 0 rings (SSSR count). The fourth-order valence-electron chi connectivity index (χ4n) is 0.184. The zero-order valence-electron chi connectivity index (χ0n) is 4.51. The minimum Gasteiger partial charge on any atom is -0.424 e. The third kappa shape index (κ3) is 4.09. The van der Waals surface area contributed by atoms with Gasteiger partial charge in [0.2, 0.25) is 0 Å². The van der Waals surface area contributed by atoms with Gasteiger partial charge in [-0.3, -0.25) is 0 Å². The molecule has 0 radical (unpaired) electrons. The smallest absolute Gasteiger partial charge is 0.407 e. The lowest BCUT2D eigenvalue weighted by molar-refractivity contribution is 0.217. The topological polar surface area (TPSA) is 52.3 Å². The molecule has 1 amide bonds. The number of carbonyl (C=O) groups excluding carboxylic acids is 1. The van der Waals surface area contributed by atoms with Gasteiger partial charge in [-0.1, -0.05) is 18.7 Å². The predicted molar refractivity (Wildman–Crippen MR) is 36.9 cm³/mol. The van der Waals surface area contributed by atoms with E-state index < -0.39 is 13.0 Å². The molecule has 0 aromatic heterocycles. The minimum absolute atomic E-state index is 0.725. The Hall–Kier alpha value is -0.0800. The fraction of sp³-hybridized carbons (Fsp3) is 0.667. The van der Waals surface area contributed by atoms with Crippen molar-refractivity contribution in [2.45, 2.75) is 6.92 Å². The highest BCUT2D eigenvalue weighted by Crippen LogP contribution is 2.20. The molecule has 0 aliphatic heterocycles. The number of rotatable bonds is 2. The van der Waals surface area contributed by atoms with Gasteiger partial charge >= 0.3 is 6.09 Å². The molecule has 0 aliphatic carbocycles. The Labute approximate surface area is 53.7 Å². The molecule has 0 aromatic rings. The highest BCUT2D eigenvalue weighted by Gasteiger charge is 1.93. The summed E-state index contributed by atoms with van der Waals surface area (Å²) < 4.78 is 4.45. The number of amides is 1. The molecule has 0 spiro atoms. The van der Waals surface area contributed by atoms with Crippen LogP contribution in [0.5, 0.6) is 0 Å². The van der Waals surface area contributed by atoms with E-state index in [1.54, 1.807) is 0 Å². The largest absolute Gasteiger partial charge is 0.424 e. The van der Waals surface area contributed by atoms with E-state index in [9.17, 15) is 4.79 Å². The van der Waals surface area contributed by atoms with Gasteiger partial charge in [0.1, 0.15) is 6.92 Å². The van der Waals surface area contributed by atoms with E-state index in [1.165, 1.54) is 0 Å². The quantitative estimate of drug-likeness (QED) is 0.594. The summed E-state index contributed by atoms with van der Waals surface area (Å²) in [5, 5.41) is 0. The molecular formula is C3H8NO2PS. The Bertz CT molecular complexity index is 116. The standard InChI is InChI=1S/C3H8NO2PS/c1-2-7(8)6-3(4)5/h7H,2H2,1H3,(H2,4,5). The van der Waals surface area contributed by atoms with Gasteiger partial charge in [0.25, 0.3) is 0 Å². The molecule has 1 unspecified atom stereocenters. The van der Waals surface area contributed by atoms with Crippen molar-refractivity contribution in [2.24, 2.45) is 5.73 Å². The van der Waals surface area contributed by atoms with Gasteiger partial charge in [-0.2, -0.15) is 0 Å². The summed E-state index contributed by atoms with van der Waals surface area (Å²) in [6.07, 6.45) is -0.0288. The molecule has 1 atom stereocenters. The third-order valence-electron chi connectivity index (χ3n) is 0.503. The molecule has 2 N–H and O–H groups in total. The Morgan fingerprint density at radius 3 is 2.62 bits per heavy atom. The average Bonchev–Trinajstić information content (AvgIpc) is 1.65. The number of hydrogen-bond acceptors (Lipinski definition) is 3. The zero-order valence-corrected chi connectivity index (χ0v) is 6.33. The Morgan fingerprint density at radius 1 is 2.00 bits per heavy atom. The molecule has 48 valence electrons. The van der Waals surface area contributed by atoms with Crippen LogP contribution in [0.3, 0.4) is 0 Å². The maximum Gasteiger partial charge on any atom is 0.407 e. The van der Waals surface area contributed by atoms with Crippen molar-refractivity contribution in [3.8, 4) is 0 Å². The second-order valence-corrected chi connectivity index (χ2v) is 4.17. The van der Waals surface area contributed by atoms with E-state index in [-0.39, 0.29) is 0 Å². The number of primary amides is 1. The van der Waals surface area contributed by atoms with E-state index in [0.29, 0.717) is 0 Å². The second-order valence-electron chi connectivity index (χ2n) is 1.15. The van der Waals surface area contributed by atoms with Gasteiger partial charge in [0.15, 0.2) is 0 Å². The zero-order chi connectivity index (χ0) is 6.57. The first-order valence-electron chi connectivity index (χ1n) is 2.17. The van der Waals surface area contributed by atoms with Crippen LogP contribution in [0.4, 0.5) is 4.79 Å². The van der Waals surface area contributed by atoms with E-state index in [2.05, 4.69) is 10.3 Å². The first kappa shape index (κ1) is 7.92. The predicted octanol–water partition coefficient (Wildman–Crippen LogP) is 0.693. The molecule has 0 heterocycles. The first-order valence-corrected chi connectivity index (χ1v) is 4.91. The van der Waals surface area contributed by atoms with Crippen LogP contribution in [-0.2, 0) is 16.3 Å². The number of carbonyl (C=O) groups is 1. The second kappa shape index (κ2) is 3.87. The van der Waals surface area contributed by atoms with Gasteiger partial charge in [0.05, 0.1) is 0 Å². The lowest BCUT2D eigenvalue weighted by atomic mass is 11.0. The fourth-order valence-corrected chi connectivity index (χ4v) is 0.799. The SMILES string of the molecule is CC[PH](=S)OC(N)=O. The normalized spacial score (nSPS) is 12.6. The van der Waals surface area contributed by atoms with Crippen LogP contribution in [0.1, 0.15) is 6.92 Å². The van der Waals surface area contributed by atoms with Gasteiger partial charge in [0, 0.05) is 6.16 Å². The van der Waals surface area contributed by atoms with Crippen molar-refractivity contribution in [3.05, 3.63) is 0 Å². The molecule has 5 heteroatoms. The van der Waals surface area contributed by atoms with E-state index in [1.807, 2.05) is 6.92 Å². The molecule has 8 heavy (non-hydrogen) atoms. The van der Waals surface area contributed by atoms with Crippen molar-refractivity contribution in [3.63, 3.8) is 0 Å². The molecular weight excluding hydrogens is 145 g/mol. The molecule has 0 fully saturated rings. The number of nitrogens with two attached hydrogens (primary N) is 1. The summed E-state index contributed by atoms with van der Waals surface area (Å²) in [5.74, 6) is 0. The van der Waals surface area contributed by atoms with Crippen LogP contribution < -0.4 is 5.73 Å². The van der Waals surface area contributed by atoms with Gasteiger partial charge in [-0.15, -0.1) is 0 Å². The van der Waals surface area contributed by atoms with Crippen LogP contribution >= 0.6 is 6.92 Å². The summed E-state index contributed by atoms with van der Waals surface area (Å²) in [6.45, 7) is 0.546. The first-order chi connectivity index (χ1) is 3.66. The van der Waals surface area contributed by atoms with Crippen molar-refractivity contribution in [1.82, 2.24) is 0 Å². The van der Waals surface area contributed by atoms with Crippen LogP contribution in [0.2, 0.25) is 0 Å². The summed E-state index contributed by atoms with van der Waals surface area (Å²) in [4.78, 5) is 9.93. The minimum atomic E-state index is -1.32. The Balaban J connectivity index is 3.40. The summed E-state index contributed by atoms with van der Waals surface area (Å²) in [5.41, 5.74) is 4.67. The molecule has 0 saturated heterocycles. The van der Waals surface area contributed by atoms with Crippen molar-refractivity contribution in [1.29, 1.82) is 0 Å². The average molecular weight is 153 g/mol. The van der Waals surface area contributed by atoms with Crippen LogP contribution in [0, 0.1) is 0 Å². The lowest BCUT2D eigenvalue weighted by Gasteiger charge is -1.97. The Morgan fingerprint density at radius 2 is 2.50 bits per heavy atom. The monoisotopic (exact) mass is 153 g/mol. The van der Waals surface area contributed by atoms with Crippen LogP contribution in [-0.4, -0.2) is 12.3 Å². The Kier molecular flexibility index (Phi) is 3.83. The van der Waals surface area contributed by atoms with Crippen LogP contribution in [0.15, 0.2) is 0 Å². The lowest BCUT2D eigenvalue weighted by Crippen LogP contribution is -2.08. The van der Waals surface area contributed by atoms with Crippen molar-refractivity contribution >= 4 is 24.8 Å². The van der Waals surface area contributed by atoms with Crippen molar-refractivity contribution in [2.75, 3.05) is 6.16 Å². The van der Waals surface area contributed by atoms with E-state index >= 15 is 0 Å². The molecule has 0 saturated carbocycles. The highest BCUT2D eigenvalue weighted by atomic mass is 32.4. The number of hydrogen-bond donors (Lipinski definition) is 1. The van der Waals surface area contributed by atoms with Crippen molar-refractivity contribution < 1.29 is 9.32 Å². The molecule has 0 aliphatic rings. The molecule has 3 nitrogen and oxygen atoms in total. The van der Waals surface area contributed by atoms with Crippen LogP contribution in [0.25, 0.3) is 0 Å². The van der Waals surface area contributed by atoms with E-state index in [4.69, 9.17) is 11.8 Å². The van der Waals surface area contributed by atoms with Gasteiger partial charge in [-0.05, 0) is 0 Å². The highest BCUT2D eigenvalue weighted by molar-refractivity contribution is 8.03. The van der Waals surface area contributed by atoms with E-state index in [0.717, 1.165) is 6.16 Å². The maximum absolute atomic E-state index is 9.93. The third-order valence-corrected chi connectivity index (χ3v) is 2.63. The van der Waals surface area contributed by atoms with Gasteiger partial charge < -0.3 is 10.3 Å². The maximum atomic E-state index is 9.93. The molecule has 0 bridgehead atoms. The summed E-state index contributed by atoms with van der Waals surface area (Å²) in [6, 6.07) is 0. The summed E-state index contributed by atoms with van der Waals surface area (Å²) >= 11 is 4.69. The summed E-state index contributed by atoms with van der Waals surface area (Å²) in [7, 11) is 0.